The number of carbonyl (C=O) groups is 1. The molecule has 190 valence electrons. The first kappa shape index (κ1) is 26.1. The number of hydrogen-bond donors (Lipinski definition) is 1. The quantitative estimate of drug-likeness (QED) is 0.330. The van der Waals surface area contributed by atoms with E-state index in [2.05, 4.69) is 4.72 Å². The van der Waals surface area contributed by atoms with E-state index in [1.54, 1.807) is 18.2 Å². The van der Waals surface area contributed by atoms with Gasteiger partial charge in [0.05, 0.1) is 28.4 Å². The molecule has 6 nitrogen and oxygen atoms in total. The highest BCUT2D eigenvalue weighted by Crippen LogP contribution is 2.44. The molecule has 0 aromatic heterocycles. The van der Waals surface area contributed by atoms with Crippen LogP contribution in [0.3, 0.4) is 0 Å². The SMILES string of the molecule is COC(=O)c1ccc2c(c1)C(SCCNS(=O)(=O)c1ccc(C(F)(F)F)cc1)c1ccccc1CO2. The molecule has 3 aromatic rings. The number of hydrogen-bond acceptors (Lipinski definition) is 6. The van der Waals surface area contributed by atoms with Crippen LogP contribution in [0.5, 0.6) is 5.75 Å². The van der Waals surface area contributed by atoms with Crippen molar-refractivity contribution in [1.29, 1.82) is 0 Å². The van der Waals surface area contributed by atoms with Gasteiger partial charge in [-0.2, -0.15) is 13.2 Å². The van der Waals surface area contributed by atoms with Crippen molar-refractivity contribution in [2.45, 2.75) is 22.9 Å². The lowest BCUT2D eigenvalue weighted by Gasteiger charge is -2.19. The summed E-state index contributed by atoms with van der Waals surface area (Å²) in [4.78, 5) is 11.9. The van der Waals surface area contributed by atoms with Crippen LogP contribution in [0.1, 0.15) is 37.9 Å². The predicted octanol–water partition coefficient (Wildman–Crippen LogP) is 5.19. The van der Waals surface area contributed by atoms with Crippen molar-refractivity contribution < 1.29 is 35.9 Å². The molecular weight excluding hydrogens is 515 g/mol. The van der Waals surface area contributed by atoms with Gasteiger partial charge in [0.15, 0.2) is 0 Å². The van der Waals surface area contributed by atoms with Crippen LogP contribution in [0.2, 0.25) is 0 Å². The summed E-state index contributed by atoms with van der Waals surface area (Å²) in [5.41, 5.74) is 2.16. The zero-order chi connectivity index (χ0) is 25.9. The maximum Gasteiger partial charge on any atom is 0.416 e. The van der Waals surface area contributed by atoms with Gasteiger partial charge in [0.25, 0.3) is 0 Å². The summed E-state index contributed by atoms with van der Waals surface area (Å²) in [6, 6.07) is 16.1. The van der Waals surface area contributed by atoms with Crippen LogP contribution in [0.15, 0.2) is 71.6 Å². The Morgan fingerprint density at radius 3 is 2.50 bits per heavy atom. The fraction of sp³-hybridized carbons (Fsp3) is 0.240. The lowest BCUT2D eigenvalue weighted by Crippen LogP contribution is -2.26. The van der Waals surface area contributed by atoms with Gasteiger partial charge in [-0.1, -0.05) is 24.3 Å². The third-order valence-corrected chi connectivity index (χ3v) is 8.36. The van der Waals surface area contributed by atoms with E-state index in [0.717, 1.165) is 41.0 Å². The van der Waals surface area contributed by atoms with Crippen LogP contribution >= 0.6 is 11.8 Å². The largest absolute Gasteiger partial charge is 0.489 e. The number of halogens is 3. The van der Waals surface area contributed by atoms with E-state index in [1.807, 2.05) is 24.3 Å². The molecule has 11 heteroatoms. The van der Waals surface area contributed by atoms with Crippen molar-refractivity contribution in [2.75, 3.05) is 19.4 Å². The summed E-state index contributed by atoms with van der Waals surface area (Å²) < 4.78 is 76.7. The first-order chi connectivity index (χ1) is 17.1. The number of fused-ring (bicyclic) bond motifs is 2. The predicted molar refractivity (Wildman–Crippen MR) is 129 cm³/mol. The summed E-state index contributed by atoms with van der Waals surface area (Å²) >= 11 is 1.46. The third kappa shape index (κ3) is 5.69. The maximum atomic E-state index is 12.8. The Bertz CT molecular complexity index is 1360. The van der Waals surface area contributed by atoms with Gasteiger partial charge in [0, 0.05) is 17.9 Å². The van der Waals surface area contributed by atoms with Crippen LogP contribution in [0.25, 0.3) is 0 Å². The van der Waals surface area contributed by atoms with Gasteiger partial charge in [0.1, 0.15) is 12.4 Å². The maximum absolute atomic E-state index is 12.8. The Balaban J connectivity index is 1.51. The lowest BCUT2D eigenvalue weighted by atomic mass is 9.98. The van der Waals surface area contributed by atoms with Crippen LogP contribution in [0.4, 0.5) is 13.2 Å². The molecule has 1 aliphatic rings. The van der Waals surface area contributed by atoms with Gasteiger partial charge in [-0.05, 0) is 53.6 Å². The second-order valence-corrected chi connectivity index (χ2v) is 10.9. The third-order valence-electron chi connectivity index (χ3n) is 5.60. The Hall–Kier alpha value is -3.02. The van der Waals surface area contributed by atoms with Crippen LogP contribution < -0.4 is 9.46 Å². The molecule has 0 saturated carbocycles. The lowest BCUT2D eigenvalue weighted by molar-refractivity contribution is -0.137. The molecule has 0 amide bonds. The Kier molecular flexibility index (Phi) is 7.62. The van der Waals surface area contributed by atoms with Gasteiger partial charge in [-0.15, -0.1) is 11.8 Å². The number of nitrogens with one attached hydrogen (secondary N) is 1. The second-order valence-electron chi connectivity index (χ2n) is 7.90. The number of rotatable bonds is 7. The van der Waals surface area contributed by atoms with E-state index in [-0.39, 0.29) is 16.7 Å². The van der Waals surface area contributed by atoms with E-state index in [4.69, 9.17) is 9.47 Å². The zero-order valence-electron chi connectivity index (χ0n) is 19.0. The first-order valence-electron chi connectivity index (χ1n) is 10.8. The highest BCUT2D eigenvalue weighted by atomic mass is 32.2. The number of carbonyl (C=O) groups excluding carboxylic acids is 1. The molecule has 0 fully saturated rings. The summed E-state index contributed by atoms with van der Waals surface area (Å²) in [6.45, 7) is 0.387. The van der Waals surface area contributed by atoms with E-state index in [0.29, 0.717) is 23.7 Å². The first-order valence-corrected chi connectivity index (χ1v) is 13.3. The van der Waals surface area contributed by atoms with Crippen molar-refractivity contribution >= 4 is 27.8 Å². The fourth-order valence-corrected chi connectivity index (χ4v) is 6.20. The second kappa shape index (κ2) is 10.5. The van der Waals surface area contributed by atoms with Gasteiger partial charge in [-0.3, -0.25) is 0 Å². The molecule has 3 aromatic carbocycles. The van der Waals surface area contributed by atoms with Gasteiger partial charge < -0.3 is 9.47 Å². The highest BCUT2D eigenvalue weighted by molar-refractivity contribution is 7.99. The average molecular weight is 538 g/mol. The summed E-state index contributed by atoms with van der Waals surface area (Å²) in [6.07, 6.45) is -4.55. The molecule has 0 bridgehead atoms. The molecule has 1 N–H and O–H groups in total. The molecule has 0 saturated heterocycles. The standard InChI is InChI=1S/C25H22F3NO5S2/c1-33-24(30)16-6-11-22-21(14-16)23(20-5-3-2-4-17(20)15-34-22)35-13-12-29-36(31,32)19-9-7-18(8-10-19)25(26,27)28/h2-11,14,23,29H,12-13,15H2,1H3. The number of esters is 1. The number of benzene rings is 3. The topological polar surface area (TPSA) is 81.7 Å². The summed E-state index contributed by atoms with van der Waals surface area (Å²) in [7, 11) is -2.69. The number of thioether (sulfide) groups is 1. The molecule has 36 heavy (non-hydrogen) atoms. The van der Waals surface area contributed by atoms with Gasteiger partial charge in [0.2, 0.25) is 10.0 Å². The molecule has 1 atom stereocenters. The van der Waals surface area contributed by atoms with E-state index < -0.39 is 27.7 Å². The minimum Gasteiger partial charge on any atom is -0.489 e. The van der Waals surface area contributed by atoms with E-state index in [1.165, 1.54) is 18.9 Å². The summed E-state index contributed by atoms with van der Waals surface area (Å²) in [5.74, 6) is 0.478. The normalized spacial score (nSPS) is 15.3. The molecule has 1 heterocycles. The fourth-order valence-electron chi connectivity index (χ4n) is 3.81. The van der Waals surface area contributed by atoms with Crippen molar-refractivity contribution in [3.63, 3.8) is 0 Å². The molecule has 0 radical (unpaired) electrons. The van der Waals surface area contributed by atoms with E-state index in [9.17, 15) is 26.4 Å². The van der Waals surface area contributed by atoms with Crippen LogP contribution in [0, 0.1) is 0 Å². The van der Waals surface area contributed by atoms with Crippen molar-refractivity contribution in [1.82, 2.24) is 4.72 Å². The number of ether oxygens (including phenoxy) is 2. The average Bonchev–Trinajstić information content (AvgIpc) is 3.02. The van der Waals surface area contributed by atoms with Gasteiger partial charge >= 0.3 is 12.1 Å². The molecule has 0 spiro atoms. The van der Waals surface area contributed by atoms with Crippen molar-refractivity contribution in [3.8, 4) is 5.75 Å². The Morgan fingerprint density at radius 1 is 1.08 bits per heavy atom. The molecule has 0 aliphatic carbocycles. The Labute approximate surface area is 210 Å². The molecular formula is C25H22F3NO5S2. The zero-order valence-corrected chi connectivity index (χ0v) is 20.7. The highest BCUT2D eigenvalue weighted by Gasteiger charge is 2.31. The van der Waals surface area contributed by atoms with E-state index >= 15 is 0 Å². The van der Waals surface area contributed by atoms with Crippen LogP contribution in [-0.2, 0) is 27.5 Å². The number of methoxy groups -OCH3 is 1. The van der Waals surface area contributed by atoms with Gasteiger partial charge in [-0.25, -0.2) is 17.9 Å². The smallest absolute Gasteiger partial charge is 0.416 e. The Morgan fingerprint density at radius 2 is 1.81 bits per heavy atom. The summed E-state index contributed by atoms with van der Waals surface area (Å²) in [5, 5.41) is -0.251. The minimum atomic E-state index is -4.55. The monoisotopic (exact) mass is 537 g/mol. The number of alkyl halides is 3. The van der Waals surface area contributed by atoms with Crippen LogP contribution in [-0.4, -0.2) is 33.8 Å². The molecule has 1 unspecified atom stereocenters. The van der Waals surface area contributed by atoms with Crippen molar-refractivity contribution in [3.05, 3.63) is 94.5 Å². The van der Waals surface area contributed by atoms with Crippen molar-refractivity contribution in [2.24, 2.45) is 0 Å². The molecule has 4 rings (SSSR count). The minimum absolute atomic E-state index is 0.0412. The number of sulfonamides is 1. The molecule has 1 aliphatic heterocycles.